The number of carbonyl (C=O) groups is 1. The van der Waals surface area contributed by atoms with Gasteiger partial charge in [-0.1, -0.05) is 64.9 Å². The van der Waals surface area contributed by atoms with Gasteiger partial charge in [-0.05, 0) is 62.2 Å². The van der Waals surface area contributed by atoms with Gasteiger partial charge in [0.15, 0.2) is 0 Å². The van der Waals surface area contributed by atoms with Gasteiger partial charge in [0, 0.05) is 13.0 Å². The number of rotatable bonds is 14. The number of methoxy groups -OCH3 is 1. The second-order valence-corrected chi connectivity index (χ2v) is 10.2. The normalized spacial score (nSPS) is 27.6. The van der Waals surface area contributed by atoms with E-state index in [1.807, 2.05) is 0 Å². The van der Waals surface area contributed by atoms with Gasteiger partial charge in [0.1, 0.15) is 0 Å². The Bertz CT molecular complexity index is 501. The SMILES string of the molecule is C=C(CO)C(=O)OCC(COC)C1CCC(C2CCC(CCCCCCC)CC2)CC1. The summed E-state index contributed by atoms with van der Waals surface area (Å²) >= 11 is 0. The first-order valence-electron chi connectivity index (χ1n) is 13.0. The van der Waals surface area contributed by atoms with E-state index in [1.165, 1.54) is 89.9 Å². The van der Waals surface area contributed by atoms with E-state index in [1.54, 1.807) is 7.11 Å². The van der Waals surface area contributed by atoms with Crippen LogP contribution in [0.5, 0.6) is 0 Å². The van der Waals surface area contributed by atoms with Crippen LogP contribution in [0.1, 0.15) is 96.8 Å². The highest BCUT2D eigenvalue weighted by Crippen LogP contribution is 2.43. The van der Waals surface area contributed by atoms with E-state index in [0.29, 0.717) is 19.1 Å². The Balaban J connectivity index is 1.67. The average Bonchev–Trinajstić information content (AvgIpc) is 2.81. The highest BCUT2D eigenvalue weighted by atomic mass is 16.5. The molecular formula is C27H48O4. The summed E-state index contributed by atoms with van der Waals surface area (Å²) in [5, 5.41) is 9.04. The summed E-state index contributed by atoms with van der Waals surface area (Å²) in [4.78, 5) is 11.8. The van der Waals surface area contributed by atoms with E-state index in [-0.39, 0.29) is 18.1 Å². The van der Waals surface area contributed by atoms with Crippen molar-refractivity contribution in [3.05, 3.63) is 12.2 Å². The predicted molar refractivity (Wildman–Crippen MR) is 127 cm³/mol. The van der Waals surface area contributed by atoms with Crippen molar-refractivity contribution in [2.75, 3.05) is 26.9 Å². The summed E-state index contributed by atoms with van der Waals surface area (Å²) < 4.78 is 10.8. The lowest BCUT2D eigenvalue weighted by molar-refractivity contribution is -0.142. The Labute approximate surface area is 191 Å². The minimum Gasteiger partial charge on any atom is -0.462 e. The van der Waals surface area contributed by atoms with Gasteiger partial charge >= 0.3 is 5.97 Å². The highest BCUT2D eigenvalue weighted by Gasteiger charge is 2.33. The summed E-state index contributed by atoms with van der Waals surface area (Å²) in [6.45, 7) is 6.48. The van der Waals surface area contributed by atoms with Crippen molar-refractivity contribution in [3.63, 3.8) is 0 Å². The van der Waals surface area contributed by atoms with E-state index in [4.69, 9.17) is 14.6 Å². The fourth-order valence-electron chi connectivity index (χ4n) is 5.96. The van der Waals surface area contributed by atoms with Crippen molar-refractivity contribution in [3.8, 4) is 0 Å². The fourth-order valence-corrected chi connectivity index (χ4v) is 5.96. The molecule has 2 aliphatic carbocycles. The van der Waals surface area contributed by atoms with Gasteiger partial charge in [0.05, 0.1) is 25.4 Å². The molecule has 0 bridgehead atoms. The van der Waals surface area contributed by atoms with Crippen LogP contribution in [-0.4, -0.2) is 38.0 Å². The molecule has 2 rings (SSSR count). The van der Waals surface area contributed by atoms with E-state index < -0.39 is 5.97 Å². The van der Waals surface area contributed by atoms with Crippen LogP contribution in [0.25, 0.3) is 0 Å². The van der Waals surface area contributed by atoms with Crippen LogP contribution in [0.2, 0.25) is 0 Å². The number of esters is 1. The molecule has 0 aromatic rings. The predicted octanol–water partition coefficient (Wildman–Crippen LogP) is 6.31. The summed E-state index contributed by atoms with van der Waals surface area (Å²) in [5.41, 5.74) is 0.122. The number of hydrogen-bond acceptors (Lipinski definition) is 4. The molecule has 0 heterocycles. The fraction of sp³-hybridized carbons (Fsp3) is 0.889. The number of unbranched alkanes of at least 4 members (excludes halogenated alkanes) is 4. The minimum absolute atomic E-state index is 0.122. The Morgan fingerprint density at radius 2 is 1.55 bits per heavy atom. The Morgan fingerprint density at radius 1 is 0.935 bits per heavy atom. The smallest absolute Gasteiger partial charge is 0.335 e. The monoisotopic (exact) mass is 436 g/mol. The van der Waals surface area contributed by atoms with Gasteiger partial charge in [-0.15, -0.1) is 0 Å². The molecule has 0 spiro atoms. The third-order valence-corrected chi connectivity index (χ3v) is 8.05. The molecule has 0 aromatic carbocycles. The third-order valence-electron chi connectivity index (χ3n) is 8.05. The molecule has 180 valence electrons. The van der Waals surface area contributed by atoms with Crippen molar-refractivity contribution in [1.29, 1.82) is 0 Å². The molecule has 2 aliphatic rings. The van der Waals surface area contributed by atoms with Crippen molar-refractivity contribution >= 4 is 5.97 Å². The van der Waals surface area contributed by atoms with Gasteiger partial charge in [-0.2, -0.15) is 0 Å². The highest BCUT2D eigenvalue weighted by molar-refractivity contribution is 5.87. The van der Waals surface area contributed by atoms with Gasteiger partial charge in [0.2, 0.25) is 0 Å². The van der Waals surface area contributed by atoms with Crippen LogP contribution in [0.4, 0.5) is 0 Å². The van der Waals surface area contributed by atoms with Crippen LogP contribution in [0, 0.1) is 29.6 Å². The second-order valence-electron chi connectivity index (χ2n) is 10.2. The first-order valence-corrected chi connectivity index (χ1v) is 13.0. The lowest BCUT2D eigenvalue weighted by atomic mass is 9.67. The van der Waals surface area contributed by atoms with Crippen LogP contribution in [0.3, 0.4) is 0 Å². The number of aliphatic hydroxyl groups excluding tert-OH is 1. The quantitative estimate of drug-likeness (QED) is 0.197. The molecule has 0 radical (unpaired) electrons. The average molecular weight is 437 g/mol. The molecular weight excluding hydrogens is 388 g/mol. The van der Waals surface area contributed by atoms with E-state index >= 15 is 0 Å². The van der Waals surface area contributed by atoms with E-state index in [0.717, 1.165) is 17.8 Å². The van der Waals surface area contributed by atoms with Gasteiger partial charge in [-0.25, -0.2) is 4.79 Å². The van der Waals surface area contributed by atoms with Crippen LogP contribution >= 0.6 is 0 Å². The Hall–Kier alpha value is -0.870. The molecule has 2 saturated carbocycles. The lowest BCUT2D eigenvalue weighted by Crippen LogP contribution is -2.32. The summed E-state index contributed by atoms with van der Waals surface area (Å²) in [6, 6.07) is 0. The number of ether oxygens (including phenoxy) is 2. The summed E-state index contributed by atoms with van der Waals surface area (Å²) in [7, 11) is 1.72. The van der Waals surface area contributed by atoms with Gasteiger partial charge in [0.25, 0.3) is 0 Å². The van der Waals surface area contributed by atoms with Crippen molar-refractivity contribution in [2.45, 2.75) is 96.8 Å². The number of aliphatic hydroxyl groups is 1. The molecule has 4 nitrogen and oxygen atoms in total. The van der Waals surface area contributed by atoms with Gasteiger partial charge < -0.3 is 14.6 Å². The van der Waals surface area contributed by atoms with Crippen molar-refractivity contribution in [1.82, 2.24) is 0 Å². The molecule has 1 N–H and O–H groups in total. The van der Waals surface area contributed by atoms with Gasteiger partial charge in [-0.3, -0.25) is 0 Å². The van der Waals surface area contributed by atoms with Crippen molar-refractivity contribution in [2.24, 2.45) is 29.6 Å². The van der Waals surface area contributed by atoms with E-state index in [9.17, 15) is 4.79 Å². The van der Waals surface area contributed by atoms with E-state index in [2.05, 4.69) is 13.5 Å². The van der Waals surface area contributed by atoms with Crippen LogP contribution in [-0.2, 0) is 14.3 Å². The molecule has 31 heavy (non-hydrogen) atoms. The topological polar surface area (TPSA) is 55.8 Å². The largest absolute Gasteiger partial charge is 0.462 e. The maximum absolute atomic E-state index is 11.8. The molecule has 0 saturated heterocycles. The third kappa shape index (κ3) is 9.26. The Kier molecular flexibility index (Phi) is 12.8. The number of hydrogen-bond donors (Lipinski definition) is 1. The molecule has 2 fully saturated rings. The first kappa shape index (κ1) is 26.4. The Morgan fingerprint density at radius 3 is 2.13 bits per heavy atom. The molecule has 0 amide bonds. The summed E-state index contributed by atoms with van der Waals surface area (Å²) in [5.74, 6) is 3.13. The first-order chi connectivity index (χ1) is 15.1. The van der Waals surface area contributed by atoms with Crippen molar-refractivity contribution < 1.29 is 19.4 Å². The molecule has 4 heteroatoms. The zero-order chi connectivity index (χ0) is 22.5. The standard InChI is InChI=1S/C27H48O4/c1-4-5-6-7-8-9-22-10-12-23(13-11-22)24-14-16-25(17-15-24)26(19-30-3)20-31-27(29)21(2)18-28/h22-26,28H,2,4-20H2,1,3H3. The zero-order valence-corrected chi connectivity index (χ0v) is 20.3. The minimum atomic E-state index is -0.487. The maximum Gasteiger partial charge on any atom is 0.335 e. The maximum atomic E-state index is 11.8. The molecule has 1 unspecified atom stereocenters. The zero-order valence-electron chi connectivity index (χ0n) is 20.3. The molecule has 0 aliphatic heterocycles. The van der Waals surface area contributed by atoms with Crippen LogP contribution < -0.4 is 0 Å². The van der Waals surface area contributed by atoms with Crippen LogP contribution in [0.15, 0.2) is 12.2 Å². The molecule has 1 atom stereocenters. The molecule has 0 aromatic heterocycles. The lowest BCUT2D eigenvalue weighted by Gasteiger charge is -2.39. The second kappa shape index (κ2) is 15.1. The number of carbonyl (C=O) groups excluding carboxylic acids is 1. The summed E-state index contributed by atoms with van der Waals surface area (Å²) in [6.07, 6.45) is 19.4.